The van der Waals surface area contributed by atoms with Gasteiger partial charge in [0.25, 0.3) is 11.7 Å². The van der Waals surface area contributed by atoms with E-state index in [9.17, 15) is 9.59 Å². The van der Waals surface area contributed by atoms with E-state index in [4.69, 9.17) is 11.6 Å². The van der Waals surface area contributed by atoms with Crippen LogP contribution >= 0.6 is 11.6 Å². The monoisotopic (exact) mass is 304 g/mol. The van der Waals surface area contributed by atoms with Gasteiger partial charge in [-0.25, -0.2) is 9.67 Å². The van der Waals surface area contributed by atoms with Gasteiger partial charge in [-0.05, 0) is 26.0 Å². The average Bonchev–Trinajstić information content (AvgIpc) is 2.99. The second-order valence-corrected chi connectivity index (χ2v) is 5.48. The lowest BCUT2D eigenvalue weighted by Gasteiger charge is -2.18. The second-order valence-electron chi connectivity index (χ2n) is 5.07. The van der Waals surface area contributed by atoms with Crippen LogP contribution in [0.1, 0.15) is 36.1 Å². The Bertz CT molecular complexity index is 738. The molecule has 0 bridgehead atoms. The van der Waals surface area contributed by atoms with Gasteiger partial charge in [0.05, 0.1) is 22.8 Å². The van der Waals surface area contributed by atoms with Crippen LogP contribution in [0.4, 0.5) is 5.69 Å². The van der Waals surface area contributed by atoms with E-state index in [-0.39, 0.29) is 12.6 Å². The first kappa shape index (κ1) is 13.8. The van der Waals surface area contributed by atoms with Gasteiger partial charge in [-0.15, -0.1) is 0 Å². The van der Waals surface area contributed by atoms with Crippen molar-refractivity contribution in [1.29, 1.82) is 0 Å². The highest BCUT2D eigenvalue weighted by Gasteiger charge is 2.38. The smallest absolute Gasteiger partial charge is 0.296 e. The predicted octanol–water partition coefficient (Wildman–Crippen LogP) is 2.24. The molecule has 1 aromatic heterocycles. The molecule has 0 saturated carbocycles. The molecule has 21 heavy (non-hydrogen) atoms. The number of carbonyl (C=O) groups is 2. The van der Waals surface area contributed by atoms with Crippen molar-refractivity contribution in [3.63, 3.8) is 0 Å². The molecular weight excluding hydrogens is 292 g/mol. The molecule has 0 aliphatic carbocycles. The maximum absolute atomic E-state index is 12.2. The summed E-state index contributed by atoms with van der Waals surface area (Å²) in [6, 6.07) is 5.04. The molecule has 2 aromatic rings. The lowest BCUT2D eigenvalue weighted by molar-refractivity contribution is -0.114. The van der Waals surface area contributed by atoms with E-state index in [0.29, 0.717) is 22.1 Å². The molecule has 1 amide bonds. The number of hydrogen-bond donors (Lipinski definition) is 0. The lowest BCUT2D eigenvalue weighted by atomic mass is 10.1. The van der Waals surface area contributed by atoms with Crippen molar-refractivity contribution in [2.45, 2.75) is 26.4 Å². The number of benzene rings is 1. The van der Waals surface area contributed by atoms with E-state index in [2.05, 4.69) is 10.1 Å². The average molecular weight is 305 g/mol. The quantitative estimate of drug-likeness (QED) is 0.816. The Morgan fingerprint density at radius 3 is 2.76 bits per heavy atom. The number of fused-ring (bicyclic) bond motifs is 1. The molecule has 1 aromatic carbocycles. The first-order valence-corrected chi connectivity index (χ1v) is 6.91. The number of carbonyl (C=O) groups excluding carboxylic acids is 2. The van der Waals surface area contributed by atoms with Gasteiger partial charge in [-0.1, -0.05) is 17.7 Å². The normalized spacial score (nSPS) is 14.2. The molecule has 3 rings (SSSR count). The Hall–Kier alpha value is -2.21. The van der Waals surface area contributed by atoms with E-state index >= 15 is 0 Å². The van der Waals surface area contributed by atoms with Crippen LogP contribution < -0.4 is 4.90 Å². The van der Waals surface area contributed by atoms with E-state index in [0.717, 1.165) is 0 Å². The Morgan fingerprint density at radius 1 is 1.29 bits per heavy atom. The van der Waals surface area contributed by atoms with Crippen LogP contribution in [0.3, 0.4) is 0 Å². The Balaban J connectivity index is 2.03. The third-order valence-electron chi connectivity index (χ3n) is 3.38. The number of anilines is 1. The van der Waals surface area contributed by atoms with Crippen LogP contribution in [-0.2, 0) is 11.3 Å². The van der Waals surface area contributed by atoms with E-state index in [1.54, 1.807) is 22.9 Å². The number of hydrogen-bond acceptors (Lipinski definition) is 4. The minimum absolute atomic E-state index is 0.113. The number of nitrogens with zero attached hydrogens (tertiary/aromatic N) is 4. The molecule has 2 heterocycles. The van der Waals surface area contributed by atoms with Crippen LogP contribution in [0, 0.1) is 0 Å². The molecular formula is C14H13ClN4O2. The molecule has 7 heteroatoms. The highest BCUT2D eigenvalue weighted by atomic mass is 35.5. The Morgan fingerprint density at radius 2 is 2.05 bits per heavy atom. The second kappa shape index (κ2) is 4.96. The summed E-state index contributed by atoms with van der Waals surface area (Å²) >= 11 is 6.15. The zero-order chi connectivity index (χ0) is 15.1. The van der Waals surface area contributed by atoms with Crippen molar-refractivity contribution in [2.24, 2.45) is 0 Å². The van der Waals surface area contributed by atoms with Gasteiger partial charge in [-0.2, -0.15) is 5.10 Å². The summed E-state index contributed by atoms with van der Waals surface area (Å²) in [5.41, 5.74) is 0.788. The third-order valence-corrected chi connectivity index (χ3v) is 3.68. The van der Waals surface area contributed by atoms with Gasteiger partial charge < -0.3 is 0 Å². The molecule has 0 atom stereocenters. The number of amides is 1. The first-order chi connectivity index (χ1) is 10.0. The van der Waals surface area contributed by atoms with Crippen molar-refractivity contribution in [3.05, 3.63) is 40.9 Å². The molecule has 1 aliphatic heterocycles. The van der Waals surface area contributed by atoms with Crippen molar-refractivity contribution >= 4 is 29.0 Å². The van der Waals surface area contributed by atoms with Crippen LogP contribution in [-0.4, -0.2) is 26.5 Å². The summed E-state index contributed by atoms with van der Waals surface area (Å²) in [5.74, 6) is -0.515. The summed E-state index contributed by atoms with van der Waals surface area (Å²) in [6.07, 6.45) is 1.44. The topological polar surface area (TPSA) is 68.1 Å². The molecule has 0 N–H and O–H groups in total. The number of para-hydroxylation sites is 1. The van der Waals surface area contributed by atoms with Crippen molar-refractivity contribution in [1.82, 2.24) is 14.8 Å². The Kier molecular flexibility index (Phi) is 3.25. The van der Waals surface area contributed by atoms with Crippen LogP contribution in [0.15, 0.2) is 24.5 Å². The van der Waals surface area contributed by atoms with E-state index in [1.165, 1.54) is 11.2 Å². The lowest BCUT2D eigenvalue weighted by Crippen LogP contribution is -2.31. The number of rotatable bonds is 3. The van der Waals surface area contributed by atoms with Crippen LogP contribution in [0.25, 0.3) is 0 Å². The van der Waals surface area contributed by atoms with Gasteiger partial charge in [-0.3, -0.25) is 14.5 Å². The maximum atomic E-state index is 12.2. The minimum Gasteiger partial charge on any atom is -0.296 e. The zero-order valence-corrected chi connectivity index (χ0v) is 12.3. The standard InChI is InChI=1S/C14H13ClN4O2/c1-8(2)19-11(16-7-17-19)6-18-12-9(13(20)14(18)21)4-3-5-10(12)15/h3-5,7-8H,6H2,1-2H3. The van der Waals surface area contributed by atoms with Gasteiger partial charge in [0, 0.05) is 6.04 Å². The molecule has 1 aliphatic rings. The van der Waals surface area contributed by atoms with Crippen molar-refractivity contribution in [2.75, 3.05) is 4.90 Å². The molecule has 6 nitrogen and oxygen atoms in total. The van der Waals surface area contributed by atoms with Gasteiger partial charge in [0.15, 0.2) is 0 Å². The SMILES string of the molecule is CC(C)n1ncnc1CN1C(=O)C(=O)c2cccc(Cl)c21. The van der Waals surface area contributed by atoms with Crippen molar-refractivity contribution in [3.8, 4) is 0 Å². The Labute approximate surface area is 126 Å². The number of Topliss-reactive ketones (excluding diaryl/α,β-unsaturated/α-hetero) is 1. The van der Waals surface area contributed by atoms with E-state index in [1.807, 2.05) is 13.8 Å². The van der Waals surface area contributed by atoms with Gasteiger partial charge in [0.2, 0.25) is 0 Å². The molecule has 0 spiro atoms. The zero-order valence-electron chi connectivity index (χ0n) is 11.6. The summed E-state index contributed by atoms with van der Waals surface area (Å²) in [6.45, 7) is 4.10. The van der Waals surface area contributed by atoms with Gasteiger partial charge in [0.1, 0.15) is 12.2 Å². The number of halogens is 1. The molecule has 108 valence electrons. The van der Waals surface area contributed by atoms with Crippen LogP contribution in [0.5, 0.6) is 0 Å². The summed E-state index contributed by atoms with van der Waals surface area (Å²) in [7, 11) is 0. The fourth-order valence-corrected chi connectivity index (χ4v) is 2.70. The number of aromatic nitrogens is 3. The molecule has 0 radical (unpaired) electrons. The summed E-state index contributed by atoms with van der Waals surface area (Å²) in [5, 5.41) is 4.51. The van der Waals surface area contributed by atoms with Crippen LogP contribution in [0.2, 0.25) is 5.02 Å². The summed E-state index contributed by atoms with van der Waals surface area (Å²) in [4.78, 5) is 29.7. The minimum atomic E-state index is -0.587. The molecule has 0 unspecified atom stereocenters. The van der Waals surface area contributed by atoms with Gasteiger partial charge >= 0.3 is 0 Å². The van der Waals surface area contributed by atoms with E-state index < -0.39 is 11.7 Å². The highest BCUT2D eigenvalue weighted by molar-refractivity contribution is 6.54. The maximum Gasteiger partial charge on any atom is 0.299 e. The fourth-order valence-electron chi connectivity index (χ4n) is 2.42. The summed E-state index contributed by atoms with van der Waals surface area (Å²) < 4.78 is 1.71. The predicted molar refractivity (Wildman–Crippen MR) is 77.4 cm³/mol. The highest BCUT2D eigenvalue weighted by Crippen LogP contribution is 2.36. The fraction of sp³-hybridized carbons (Fsp3) is 0.286. The largest absolute Gasteiger partial charge is 0.299 e. The third kappa shape index (κ3) is 2.12. The molecule has 0 saturated heterocycles. The number of ketones is 1. The molecule has 0 fully saturated rings. The first-order valence-electron chi connectivity index (χ1n) is 6.53. The van der Waals surface area contributed by atoms with Crippen molar-refractivity contribution < 1.29 is 9.59 Å².